The van der Waals surface area contributed by atoms with Gasteiger partial charge in [0.25, 0.3) is 0 Å². The van der Waals surface area contributed by atoms with Gasteiger partial charge in [0.2, 0.25) is 30.5 Å². The highest BCUT2D eigenvalue weighted by Gasteiger charge is 2.71. The first kappa shape index (κ1) is 96.9. The molecule has 0 amide bonds. The van der Waals surface area contributed by atoms with Crippen molar-refractivity contribution < 1.29 is 139 Å². The van der Waals surface area contributed by atoms with Gasteiger partial charge in [0.15, 0.2) is 53.7 Å². The summed E-state index contributed by atoms with van der Waals surface area (Å²) in [5, 5.41) is 150. The van der Waals surface area contributed by atoms with Crippen LogP contribution in [0.3, 0.4) is 0 Å². The van der Waals surface area contributed by atoms with Crippen LogP contribution in [0.5, 0.6) is 0 Å². The molecule has 0 radical (unpaired) electrons. The zero-order valence-electron chi connectivity index (χ0n) is 64.1. The summed E-state index contributed by atoms with van der Waals surface area (Å²) in [6.45, 7) is 11.6. The number of alkyl halides is 9. The average molecular weight is 1760 g/mol. The molecule has 0 bridgehead atoms. The Bertz CT molecular complexity index is 4770. The molecule has 0 aliphatic carbocycles. The van der Waals surface area contributed by atoms with Crippen LogP contribution in [0.25, 0.3) is 32.0 Å². The van der Waals surface area contributed by atoms with E-state index in [0.717, 1.165) is 25.8 Å². The number of fused-ring (bicyclic) bond motifs is 1. The quantitative estimate of drug-likeness (QED) is 0.0237. The first-order valence-corrected chi connectivity index (χ1v) is 35.3. The van der Waals surface area contributed by atoms with Crippen LogP contribution in [0, 0.1) is 23.7 Å². The Balaban J connectivity index is 0.000000183. The van der Waals surface area contributed by atoms with Crippen molar-refractivity contribution in [2.24, 2.45) is 63.9 Å². The van der Waals surface area contributed by atoms with Crippen LogP contribution in [0.2, 0.25) is 0 Å². The third kappa shape index (κ3) is 18.1. The number of terminal acetylenes is 1. The largest absolute Gasteiger partial charge is 0.397 e. The monoisotopic (exact) mass is 1760 g/mol. The van der Waals surface area contributed by atoms with Gasteiger partial charge < -0.3 is 159 Å². The second kappa shape index (κ2) is 37.2. The van der Waals surface area contributed by atoms with Crippen LogP contribution in [-0.4, -0.2) is 336 Å². The fraction of sp³-hybridized carbons (Fsp3) is 0.500. The van der Waals surface area contributed by atoms with Crippen LogP contribution in [-0.2, 0) is 28.4 Å². The molecule has 123 heavy (non-hydrogen) atoms. The molecule has 0 unspecified atom stereocenters. The van der Waals surface area contributed by atoms with E-state index in [4.69, 9.17) is 101 Å². The number of nitriles is 1. The van der Waals surface area contributed by atoms with Crippen molar-refractivity contribution in [3.63, 3.8) is 0 Å². The van der Waals surface area contributed by atoms with E-state index in [-0.39, 0.29) is 70.5 Å². The van der Waals surface area contributed by atoms with Crippen LogP contribution < -0.4 is 34.4 Å². The van der Waals surface area contributed by atoms with Crippen molar-refractivity contribution in [1.29, 1.82) is 5.26 Å². The molecule has 0 aromatic carbocycles. The maximum Gasteiger partial charge on any atom is 0.321 e. The lowest BCUT2D eigenvalue weighted by Crippen LogP contribution is -2.51. The van der Waals surface area contributed by atoms with Gasteiger partial charge in [-0.1, -0.05) is 49.0 Å². The van der Waals surface area contributed by atoms with Crippen molar-refractivity contribution in [2.45, 2.75) is 150 Å². The number of pyridine rings is 1. The number of aliphatic hydroxyl groups is 14. The number of nitrogens with zero attached hydrogens (tertiary/aromatic N) is 20. The molecular weight excluding hydrogens is 1670 g/mol. The van der Waals surface area contributed by atoms with Gasteiger partial charge in [0.05, 0.1) is 64.7 Å². The van der Waals surface area contributed by atoms with Crippen LogP contribution in [0.15, 0.2) is 177 Å². The number of nitrogen functional groups attached to an aromatic ring is 1. The molecule has 55 heteroatoms. The summed E-state index contributed by atoms with van der Waals surface area (Å²) in [5.41, 5.74) is 38.4. The molecule has 13 rings (SSSR count). The molecular formula is C68H85F9N26O20. The lowest BCUT2D eigenvalue weighted by molar-refractivity contribution is -0.153. The predicted octanol–water partition coefficient (Wildman–Crippen LogP) is -3.87. The normalized spacial score (nSPS) is 35.2. The van der Waals surface area contributed by atoms with E-state index < -0.39 is 196 Å². The summed E-state index contributed by atoms with van der Waals surface area (Å²) in [4.78, 5) is 37.0. The van der Waals surface area contributed by atoms with Gasteiger partial charge in [-0.3, -0.25) is 4.57 Å². The number of rotatable bonds is 17. The van der Waals surface area contributed by atoms with E-state index in [1.807, 2.05) is 5.92 Å². The minimum absolute atomic E-state index is 0.0286. The Morgan fingerprint density at radius 3 is 1.28 bits per heavy atom. The van der Waals surface area contributed by atoms with Gasteiger partial charge in [-0.25, -0.2) is 39.3 Å². The summed E-state index contributed by atoms with van der Waals surface area (Å²) in [5.74, 6) is -12.6. The molecule has 0 saturated carbocycles. The number of imidazole rings is 1. The van der Waals surface area contributed by atoms with E-state index in [2.05, 4.69) is 87.9 Å². The SMILES string of the molecule is C#C[C@]1(CO)O[C@@H](N2C=CC(N)=NC2=C)C(F)(F)[C@@H]1O.C=C1N=C(N)C=CN1[C@@H]1O[C@@](CO)(CN=[N+]=[N-])[C@@H](O)C1(F)F.C=C1N=C(N)C=CN1[C@@H]1O[C@@](CO)(CN=[N+]=[N-])[C@@H](O)[C@H]1O.C=C1N=C(N)C=CN1[C@@H]1O[C@](C#N)(CO)[C@@H](O)C1(F)F.C=C1N=C(N)C=CN1[C@@H]1O[C@](C)(CO)[C@@H](O)C1(F)F.Nc1ccnc2c1ncn2[C@@H]1O[C@H](CO)[C@@H](O)[C@]1(O)CF. The third-order valence-electron chi connectivity index (χ3n) is 20.0. The summed E-state index contributed by atoms with van der Waals surface area (Å²) < 4.78 is 159. The molecule has 11 aliphatic heterocycles. The summed E-state index contributed by atoms with van der Waals surface area (Å²) in [6.07, 6.45) is -4.24. The number of aliphatic imine (C=N–C) groups is 5. The Hall–Kier alpha value is -11.6. The number of amidine groups is 5. The highest BCUT2D eigenvalue weighted by Crippen LogP contribution is 2.50. The van der Waals surface area contributed by atoms with Crippen molar-refractivity contribution in [3.05, 3.63) is 163 Å². The standard InChI is InChI=1S/C12H13F2N3O3.C12H15FN4O4.C11H14F2N6O3.C11H12F2N4O3.C11H15F2N3O3.C11H16N6O4/c1-3-11(6-18)9(19)12(13,14)10(20-11)17-5-4-8(15)16-7(17)2;13-4-12(20)9(19)7(3-18)21-11(12)17-5-16-8-6(14)1-2-15-10(8)17;1-6-17-7(14)2-3-19(6)9-11(12,13)8(21)10(5-20,22-9)4-16-18-15;1-6-16-7(15)2-3-17(6)9-11(12,13)8(19)10(4-14,5-18)20-9;1-6-15-7(14)3-4-16(6)9-11(12,13)8(18)10(2,5-17)19-9;1-6-15-7(12)2-3-17(6)10-8(19)9(20)11(5-18,21-10)4-14-16-13/h1,4-5,9-10,18-19H,2,6H2,(H2,15,16);1-2,5,7,9,11,18-20H,3-4H2,(H2,14,15);2-3,8-9,20-21H,1,4-5H2,(H2,14,17);2-3,8-9,18-19H,1,5H2,(H2,15,16);3-4,8-9,17-18H,1,5H2,2H3,(H2,14,15);2-3,8-10,18-20H,1,4-5H2,(H2,12,15)/t9-,10-,11-;7-,9-,11-,12-;3*8-,9-,10-;8-,9+,10-,11-/m111111/s1. The van der Waals surface area contributed by atoms with Crippen LogP contribution in [0.1, 0.15) is 13.2 Å². The van der Waals surface area contributed by atoms with Crippen molar-refractivity contribution in [1.82, 2.24) is 39.0 Å². The van der Waals surface area contributed by atoms with Gasteiger partial charge in [-0.2, -0.15) is 40.4 Å². The molecule has 11 aliphatic rings. The van der Waals surface area contributed by atoms with Crippen molar-refractivity contribution in [3.8, 4) is 18.4 Å². The molecule has 6 saturated heterocycles. The first-order valence-electron chi connectivity index (χ1n) is 35.3. The number of anilines is 1. The van der Waals surface area contributed by atoms with E-state index in [0.29, 0.717) is 11.2 Å². The first-order chi connectivity index (χ1) is 57.5. The molecule has 20 atom stereocenters. The highest BCUT2D eigenvalue weighted by atomic mass is 19.3. The Labute approximate surface area is 688 Å². The number of halogens is 9. The lowest BCUT2D eigenvalue weighted by atomic mass is 9.95. The molecule has 6 fully saturated rings. The zero-order valence-corrected chi connectivity index (χ0v) is 64.1. The van der Waals surface area contributed by atoms with Crippen LogP contribution >= 0.6 is 0 Å². The molecule has 2 aromatic heterocycles. The Kier molecular flexibility index (Phi) is 29.3. The number of ether oxygens (including phenoxy) is 6. The van der Waals surface area contributed by atoms with E-state index in [9.17, 15) is 95.7 Å². The number of aliphatic hydroxyl groups excluding tert-OH is 13. The molecule has 2 aromatic rings. The summed E-state index contributed by atoms with van der Waals surface area (Å²) >= 11 is 0. The fourth-order valence-electron chi connectivity index (χ4n) is 13.0. The number of hydrogen-bond donors (Lipinski definition) is 20. The van der Waals surface area contributed by atoms with Gasteiger partial charge in [0.1, 0.15) is 118 Å². The fourth-order valence-corrected chi connectivity index (χ4v) is 13.0. The number of azide groups is 2. The topological polar surface area (TPSA) is 725 Å². The van der Waals surface area contributed by atoms with Gasteiger partial charge in [0, 0.05) is 47.0 Å². The second-order valence-corrected chi connectivity index (χ2v) is 28.1. The minimum Gasteiger partial charge on any atom is -0.397 e. The number of nitrogens with two attached hydrogens (primary N) is 6. The zero-order chi connectivity index (χ0) is 92.0. The maximum atomic E-state index is 14.3. The lowest BCUT2D eigenvalue weighted by Gasteiger charge is -2.32. The number of hydrogen-bond acceptors (Lipinski definition) is 41. The van der Waals surface area contributed by atoms with Gasteiger partial charge in [-0.15, -0.1) is 6.42 Å². The molecule has 46 nitrogen and oxygen atoms in total. The summed E-state index contributed by atoms with van der Waals surface area (Å²) in [7, 11) is 0. The maximum absolute atomic E-state index is 14.3. The van der Waals surface area contributed by atoms with E-state index in [1.54, 1.807) is 6.07 Å². The second-order valence-electron chi connectivity index (χ2n) is 28.1. The molecule has 13 heterocycles. The Morgan fingerprint density at radius 2 is 0.919 bits per heavy atom. The molecule has 0 spiro atoms. The van der Waals surface area contributed by atoms with E-state index in [1.165, 1.54) is 90.2 Å². The summed E-state index contributed by atoms with van der Waals surface area (Å²) in [6, 6.07) is 2.94. The van der Waals surface area contributed by atoms with Crippen molar-refractivity contribution >= 4 is 46.0 Å². The van der Waals surface area contributed by atoms with E-state index >= 15 is 0 Å². The number of aromatic nitrogens is 3. The Morgan fingerprint density at radius 1 is 0.528 bits per heavy atom. The molecule has 26 N–H and O–H groups in total. The molecule has 670 valence electrons. The minimum atomic E-state index is -3.81. The van der Waals surface area contributed by atoms with Crippen LogP contribution in [0.4, 0.5) is 45.2 Å². The van der Waals surface area contributed by atoms with Gasteiger partial charge in [-0.05, 0) is 54.4 Å². The highest BCUT2D eigenvalue weighted by molar-refractivity contribution is 5.94. The van der Waals surface area contributed by atoms with Gasteiger partial charge >= 0.3 is 23.7 Å². The average Bonchev–Trinajstić information content (AvgIpc) is 1.60. The van der Waals surface area contributed by atoms with Crippen molar-refractivity contribution in [2.75, 3.05) is 65.1 Å². The predicted molar refractivity (Wildman–Crippen MR) is 406 cm³/mol. The smallest absolute Gasteiger partial charge is 0.321 e. The third-order valence-corrected chi connectivity index (χ3v) is 20.0.